The molecule has 0 aliphatic heterocycles. The number of carbonyl (C=O) groups is 1. The number of ketones is 1. The molecule has 0 saturated heterocycles. The number of carbonyl (C=O) groups excluding carboxylic acids is 1. The standard InChI is InChI=1S/C20H18N2OS/c1-14-8-9-15(2)17(12-14)18-10-11-20(22-21-18)24-13-19(23)16-6-4-3-5-7-16/h3-12H,13H2,1-2H3. The molecule has 0 atom stereocenters. The van der Waals surface area contributed by atoms with E-state index in [0.29, 0.717) is 5.75 Å². The van der Waals surface area contributed by atoms with Crippen molar-refractivity contribution in [3.63, 3.8) is 0 Å². The van der Waals surface area contributed by atoms with Gasteiger partial charge in [-0.05, 0) is 37.6 Å². The Hall–Kier alpha value is -2.46. The highest BCUT2D eigenvalue weighted by Crippen LogP contribution is 2.24. The minimum atomic E-state index is 0.0982. The van der Waals surface area contributed by atoms with E-state index in [9.17, 15) is 4.79 Å². The number of hydrogen-bond donors (Lipinski definition) is 0. The number of thioether (sulfide) groups is 1. The molecule has 3 rings (SSSR count). The topological polar surface area (TPSA) is 42.9 Å². The van der Waals surface area contributed by atoms with Crippen LogP contribution in [0.25, 0.3) is 11.3 Å². The van der Waals surface area contributed by atoms with Crippen LogP contribution in [0.5, 0.6) is 0 Å². The summed E-state index contributed by atoms with van der Waals surface area (Å²) in [5, 5.41) is 9.33. The Morgan fingerprint density at radius 2 is 1.75 bits per heavy atom. The van der Waals surface area contributed by atoms with E-state index in [4.69, 9.17) is 0 Å². The van der Waals surface area contributed by atoms with E-state index in [1.54, 1.807) is 0 Å². The highest BCUT2D eigenvalue weighted by Gasteiger charge is 2.08. The van der Waals surface area contributed by atoms with Gasteiger partial charge in [0.25, 0.3) is 0 Å². The van der Waals surface area contributed by atoms with Gasteiger partial charge in [-0.25, -0.2) is 0 Å². The second-order valence-electron chi connectivity index (χ2n) is 5.65. The summed E-state index contributed by atoms with van der Waals surface area (Å²) in [5.74, 6) is 0.461. The highest BCUT2D eigenvalue weighted by molar-refractivity contribution is 7.99. The average molecular weight is 334 g/mol. The molecule has 0 fully saturated rings. The van der Waals surface area contributed by atoms with Gasteiger partial charge in [-0.15, -0.1) is 10.2 Å². The lowest BCUT2D eigenvalue weighted by atomic mass is 10.0. The summed E-state index contributed by atoms with van der Waals surface area (Å²) in [6.07, 6.45) is 0. The van der Waals surface area contributed by atoms with Crippen molar-refractivity contribution in [3.8, 4) is 11.3 Å². The second kappa shape index (κ2) is 7.41. The molecule has 24 heavy (non-hydrogen) atoms. The van der Waals surface area contributed by atoms with Gasteiger partial charge in [0.1, 0.15) is 5.03 Å². The molecule has 0 aliphatic rings. The molecule has 0 radical (unpaired) electrons. The fourth-order valence-electron chi connectivity index (χ4n) is 2.40. The number of aryl methyl sites for hydroxylation is 2. The molecule has 1 heterocycles. The third kappa shape index (κ3) is 3.89. The second-order valence-corrected chi connectivity index (χ2v) is 6.65. The van der Waals surface area contributed by atoms with Crippen LogP contribution >= 0.6 is 11.8 Å². The maximum Gasteiger partial charge on any atom is 0.173 e. The molecule has 1 aromatic heterocycles. The van der Waals surface area contributed by atoms with Crippen LogP contribution < -0.4 is 0 Å². The molecule has 2 aromatic carbocycles. The van der Waals surface area contributed by atoms with Crippen LogP contribution in [0.1, 0.15) is 21.5 Å². The van der Waals surface area contributed by atoms with Crippen LogP contribution in [0, 0.1) is 13.8 Å². The lowest BCUT2D eigenvalue weighted by Crippen LogP contribution is -2.02. The van der Waals surface area contributed by atoms with E-state index in [-0.39, 0.29) is 5.78 Å². The van der Waals surface area contributed by atoms with Crippen LogP contribution in [-0.4, -0.2) is 21.7 Å². The largest absolute Gasteiger partial charge is 0.293 e. The zero-order valence-corrected chi connectivity index (χ0v) is 14.5. The summed E-state index contributed by atoms with van der Waals surface area (Å²) < 4.78 is 0. The van der Waals surface area contributed by atoms with Gasteiger partial charge in [-0.3, -0.25) is 4.79 Å². The summed E-state index contributed by atoms with van der Waals surface area (Å²) >= 11 is 1.41. The first-order valence-corrected chi connectivity index (χ1v) is 8.74. The van der Waals surface area contributed by atoms with Crippen LogP contribution in [0.15, 0.2) is 65.7 Å². The number of Topliss-reactive ketones (excluding diaryl/α,β-unsaturated/α-hetero) is 1. The van der Waals surface area contributed by atoms with Gasteiger partial charge in [0.2, 0.25) is 0 Å². The zero-order chi connectivity index (χ0) is 16.9. The lowest BCUT2D eigenvalue weighted by molar-refractivity contribution is 0.102. The van der Waals surface area contributed by atoms with Crippen LogP contribution in [0.2, 0.25) is 0 Å². The van der Waals surface area contributed by atoms with Crippen molar-refractivity contribution in [2.75, 3.05) is 5.75 Å². The van der Waals surface area contributed by atoms with Crippen molar-refractivity contribution in [2.45, 2.75) is 18.9 Å². The highest BCUT2D eigenvalue weighted by atomic mass is 32.2. The Bertz CT molecular complexity index is 845. The van der Waals surface area contributed by atoms with E-state index >= 15 is 0 Å². The molecular formula is C20H18N2OS. The number of aromatic nitrogens is 2. The molecule has 0 saturated carbocycles. The van der Waals surface area contributed by atoms with E-state index in [2.05, 4.69) is 42.2 Å². The SMILES string of the molecule is Cc1ccc(C)c(-c2ccc(SCC(=O)c3ccccc3)nn2)c1. The van der Waals surface area contributed by atoms with Crippen molar-refractivity contribution < 1.29 is 4.79 Å². The third-order valence-corrected chi connectivity index (χ3v) is 4.68. The predicted molar refractivity (Wildman–Crippen MR) is 98.4 cm³/mol. The van der Waals surface area contributed by atoms with Gasteiger partial charge in [-0.1, -0.05) is 59.8 Å². The van der Waals surface area contributed by atoms with Gasteiger partial charge in [0, 0.05) is 11.1 Å². The lowest BCUT2D eigenvalue weighted by Gasteiger charge is -2.06. The van der Waals surface area contributed by atoms with Crippen LogP contribution in [0.3, 0.4) is 0 Å². The number of rotatable bonds is 5. The van der Waals surface area contributed by atoms with Crippen molar-refractivity contribution in [1.82, 2.24) is 10.2 Å². The quantitative estimate of drug-likeness (QED) is 0.499. The molecule has 3 nitrogen and oxygen atoms in total. The first-order valence-electron chi connectivity index (χ1n) is 7.76. The maximum atomic E-state index is 12.1. The molecule has 0 spiro atoms. The molecule has 4 heteroatoms. The predicted octanol–water partition coefficient (Wildman–Crippen LogP) is 4.74. The minimum Gasteiger partial charge on any atom is -0.293 e. The Kier molecular flexibility index (Phi) is 5.06. The summed E-state index contributed by atoms with van der Waals surface area (Å²) in [6.45, 7) is 4.13. The average Bonchev–Trinajstić information content (AvgIpc) is 2.63. The zero-order valence-electron chi connectivity index (χ0n) is 13.7. The Morgan fingerprint density at radius 1 is 0.958 bits per heavy atom. The number of benzene rings is 2. The van der Waals surface area contributed by atoms with Gasteiger partial charge < -0.3 is 0 Å². The normalized spacial score (nSPS) is 10.6. The van der Waals surface area contributed by atoms with Crippen molar-refractivity contribution in [1.29, 1.82) is 0 Å². The molecule has 120 valence electrons. The van der Waals surface area contributed by atoms with E-state index in [1.807, 2.05) is 42.5 Å². The van der Waals surface area contributed by atoms with Crippen molar-refractivity contribution >= 4 is 17.5 Å². The molecular weight excluding hydrogens is 316 g/mol. The summed E-state index contributed by atoms with van der Waals surface area (Å²) in [6, 6.07) is 19.5. The van der Waals surface area contributed by atoms with E-state index < -0.39 is 0 Å². The van der Waals surface area contributed by atoms with Gasteiger partial charge in [0.15, 0.2) is 5.78 Å². The van der Waals surface area contributed by atoms with Gasteiger partial charge in [-0.2, -0.15) is 0 Å². The van der Waals surface area contributed by atoms with Gasteiger partial charge in [0.05, 0.1) is 11.4 Å². The third-order valence-electron chi connectivity index (χ3n) is 3.76. The van der Waals surface area contributed by atoms with Gasteiger partial charge >= 0.3 is 0 Å². The van der Waals surface area contributed by atoms with Crippen molar-refractivity contribution in [3.05, 3.63) is 77.4 Å². The summed E-state index contributed by atoms with van der Waals surface area (Å²) in [5.41, 5.74) is 5.05. The fourth-order valence-corrected chi connectivity index (χ4v) is 3.11. The summed E-state index contributed by atoms with van der Waals surface area (Å²) in [4.78, 5) is 12.1. The fraction of sp³-hybridized carbons (Fsp3) is 0.150. The van der Waals surface area contributed by atoms with E-state index in [0.717, 1.165) is 21.8 Å². The monoisotopic (exact) mass is 334 g/mol. The first kappa shape index (κ1) is 16.4. The number of hydrogen-bond acceptors (Lipinski definition) is 4. The summed E-state index contributed by atoms with van der Waals surface area (Å²) in [7, 11) is 0. The Labute approximate surface area is 146 Å². The Balaban J connectivity index is 1.69. The molecule has 0 bridgehead atoms. The molecule has 0 aliphatic carbocycles. The molecule has 0 N–H and O–H groups in total. The maximum absolute atomic E-state index is 12.1. The van der Waals surface area contributed by atoms with E-state index in [1.165, 1.54) is 22.9 Å². The first-order chi connectivity index (χ1) is 11.6. The molecule has 0 unspecified atom stereocenters. The Morgan fingerprint density at radius 3 is 2.46 bits per heavy atom. The van der Waals surface area contributed by atoms with Crippen molar-refractivity contribution in [2.24, 2.45) is 0 Å². The smallest absolute Gasteiger partial charge is 0.173 e. The molecule has 0 amide bonds. The minimum absolute atomic E-state index is 0.0982. The van der Waals surface area contributed by atoms with Crippen LogP contribution in [-0.2, 0) is 0 Å². The molecule has 3 aromatic rings. The van der Waals surface area contributed by atoms with Crippen LogP contribution in [0.4, 0.5) is 0 Å². The number of nitrogens with zero attached hydrogens (tertiary/aromatic N) is 2.